The Morgan fingerprint density at radius 1 is 0.560 bits per heavy atom. The molecule has 0 unspecified atom stereocenters. The Bertz CT molecular complexity index is 1010. The lowest BCUT2D eigenvalue weighted by molar-refractivity contribution is 0.867. The van der Waals surface area contributed by atoms with Crippen LogP contribution in [0.1, 0.15) is 25.3 Å². The molecular weight excluding hydrogens is 300 g/mol. The summed E-state index contributed by atoms with van der Waals surface area (Å²) in [6.45, 7) is 4.52. The van der Waals surface area contributed by atoms with Crippen LogP contribution in [-0.2, 0) is 0 Å². The van der Waals surface area contributed by atoms with Gasteiger partial charge in [-0.15, -0.1) is 0 Å². The largest absolute Gasteiger partial charge is 0.0622 e. The fraction of sp³-hybridized carbons (Fsp3) is 0.120. The summed E-state index contributed by atoms with van der Waals surface area (Å²) < 4.78 is 0. The number of hydrogen-bond acceptors (Lipinski definition) is 0. The molecular formula is C25H22. The molecule has 0 saturated carbocycles. The van der Waals surface area contributed by atoms with Crippen LogP contribution in [0.15, 0.2) is 91.0 Å². The van der Waals surface area contributed by atoms with Crippen LogP contribution in [0.2, 0.25) is 0 Å². The number of hydrogen-bond donors (Lipinski definition) is 0. The van der Waals surface area contributed by atoms with Crippen molar-refractivity contribution in [2.75, 3.05) is 0 Å². The molecule has 4 aromatic carbocycles. The second kappa shape index (κ2) is 6.57. The smallest absolute Gasteiger partial charge is 0.0105 e. The zero-order valence-electron chi connectivity index (χ0n) is 14.7. The first kappa shape index (κ1) is 15.7. The molecule has 122 valence electrons. The van der Waals surface area contributed by atoms with Crippen LogP contribution >= 0.6 is 0 Å². The van der Waals surface area contributed by atoms with Gasteiger partial charge in [0.05, 0.1) is 0 Å². The van der Waals surface area contributed by atoms with Gasteiger partial charge in [0.25, 0.3) is 0 Å². The summed E-state index contributed by atoms with van der Waals surface area (Å²) in [6, 6.07) is 32.8. The van der Waals surface area contributed by atoms with Crippen LogP contribution in [0.4, 0.5) is 0 Å². The van der Waals surface area contributed by atoms with Crippen molar-refractivity contribution in [1.29, 1.82) is 0 Å². The molecule has 0 aromatic heterocycles. The lowest BCUT2D eigenvalue weighted by Crippen LogP contribution is -1.91. The fourth-order valence-electron chi connectivity index (χ4n) is 3.41. The Kier molecular flexibility index (Phi) is 4.11. The van der Waals surface area contributed by atoms with E-state index in [0.29, 0.717) is 5.92 Å². The van der Waals surface area contributed by atoms with Crippen molar-refractivity contribution in [2.24, 2.45) is 0 Å². The van der Waals surface area contributed by atoms with E-state index >= 15 is 0 Å². The van der Waals surface area contributed by atoms with Crippen LogP contribution in [0, 0.1) is 0 Å². The van der Waals surface area contributed by atoms with E-state index in [1.165, 1.54) is 38.6 Å². The molecule has 0 aliphatic heterocycles. The van der Waals surface area contributed by atoms with Gasteiger partial charge in [0.1, 0.15) is 0 Å². The standard InChI is InChI=1S/C25H22/c1-18(2)21-15-22(19-9-4-3-5-10-19)17-23(16-21)25-14-8-12-20-11-6-7-13-24(20)25/h3-18H,1-2H3. The van der Waals surface area contributed by atoms with Crippen LogP contribution in [-0.4, -0.2) is 0 Å². The van der Waals surface area contributed by atoms with E-state index in [9.17, 15) is 0 Å². The normalized spacial score (nSPS) is 11.2. The Labute approximate surface area is 149 Å². The highest BCUT2D eigenvalue weighted by atomic mass is 14.1. The summed E-state index contributed by atoms with van der Waals surface area (Å²) in [5.41, 5.74) is 6.53. The van der Waals surface area contributed by atoms with E-state index in [4.69, 9.17) is 0 Å². The van der Waals surface area contributed by atoms with Gasteiger partial charge in [-0.05, 0) is 50.6 Å². The summed E-state index contributed by atoms with van der Waals surface area (Å²) in [5, 5.41) is 2.60. The van der Waals surface area contributed by atoms with Gasteiger partial charge >= 0.3 is 0 Å². The molecule has 25 heavy (non-hydrogen) atoms. The molecule has 0 bridgehead atoms. The minimum absolute atomic E-state index is 0.498. The highest BCUT2D eigenvalue weighted by molar-refractivity contribution is 5.97. The minimum Gasteiger partial charge on any atom is -0.0622 e. The molecule has 0 saturated heterocycles. The van der Waals surface area contributed by atoms with Crippen molar-refractivity contribution in [1.82, 2.24) is 0 Å². The molecule has 0 aliphatic carbocycles. The highest BCUT2D eigenvalue weighted by Gasteiger charge is 2.09. The summed E-state index contributed by atoms with van der Waals surface area (Å²) in [4.78, 5) is 0. The number of benzene rings is 4. The van der Waals surface area contributed by atoms with Gasteiger partial charge in [-0.2, -0.15) is 0 Å². The molecule has 0 spiro atoms. The molecule has 0 fully saturated rings. The first-order chi connectivity index (χ1) is 12.2. The lowest BCUT2D eigenvalue weighted by Gasteiger charge is -2.14. The van der Waals surface area contributed by atoms with Gasteiger partial charge < -0.3 is 0 Å². The molecule has 0 heterocycles. The van der Waals surface area contributed by atoms with Crippen molar-refractivity contribution in [3.8, 4) is 22.3 Å². The zero-order chi connectivity index (χ0) is 17.2. The molecule has 4 aromatic rings. The fourth-order valence-corrected chi connectivity index (χ4v) is 3.41. The third-order valence-corrected chi connectivity index (χ3v) is 4.83. The number of fused-ring (bicyclic) bond motifs is 1. The average molecular weight is 322 g/mol. The molecule has 0 nitrogen and oxygen atoms in total. The van der Waals surface area contributed by atoms with Crippen LogP contribution < -0.4 is 0 Å². The molecule has 4 rings (SSSR count). The summed E-state index contributed by atoms with van der Waals surface area (Å²) in [6.07, 6.45) is 0. The second-order valence-corrected chi connectivity index (χ2v) is 6.89. The van der Waals surface area contributed by atoms with Crippen molar-refractivity contribution in [3.63, 3.8) is 0 Å². The van der Waals surface area contributed by atoms with E-state index < -0.39 is 0 Å². The van der Waals surface area contributed by atoms with E-state index in [1.807, 2.05) is 0 Å². The van der Waals surface area contributed by atoms with Crippen LogP contribution in [0.5, 0.6) is 0 Å². The molecule has 0 amide bonds. The van der Waals surface area contributed by atoms with Crippen LogP contribution in [0.25, 0.3) is 33.0 Å². The quantitative estimate of drug-likeness (QED) is 0.371. The third-order valence-electron chi connectivity index (χ3n) is 4.83. The topological polar surface area (TPSA) is 0 Å². The molecule has 0 radical (unpaired) electrons. The predicted molar refractivity (Wildman–Crippen MR) is 109 cm³/mol. The first-order valence-electron chi connectivity index (χ1n) is 8.91. The molecule has 0 aliphatic rings. The van der Waals surface area contributed by atoms with E-state index in [-0.39, 0.29) is 0 Å². The molecule has 0 heteroatoms. The maximum atomic E-state index is 2.35. The van der Waals surface area contributed by atoms with Gasteiger partial charge in [0, 0.05) is 0 Å². The minimum atomic E-state index is 0.498. The second-order valence-electron chi connectivity index (χ2n) is 6.89. The van der Waals surface area contributed by atoms with Crippen molar-refractivity contribution in [2.45, 2.75) is 19.8 Å². The summed E-state index contributed by atoms with van der Waals surface area (Å²) >= 11 is 0. The predicted octanol–water partition coefficient (Wildman–Crippen LogP) is 7.30. The summed E-state index contributed by atoms with van der Waals surface area (Å²) in [7, 11) is 0. The van der Waals surface area contributed by atoms with E-state index in [0.717, 1.165) is 0 Å². The van der Waals surface area contributed by atoms with Crippen molar-refractivity contribution < 1.29 is 0 Å². The Morgan fingerprint density at radius 3 is 2.04 bits per heavy atom. The average Bonchev–Trinajstić information content (AvgIpc) is 2.68. The van der Waals surface area contributed by atoms with E-state index in [2.05, 4.69) is 105 Å². The maximum absolute atomic E-state index is 2.35. The lowest BCUT2D eigenvalue weighted by atomic mass is 9.90. The van der Waals surface area contributed by atoms with Crippen molar-refractivity contribution in [3.05, 3.63) is 96.6 Å². The third kappa shape index (κ3) is 3.08. The van der Waals surface area contributed by atoms with E-state index in [1.54, 1.807) is 0 Å². The first-order valence-corrected chi connectivity index (χ1v) is 8.91. The van der Waals surface area contributed by atoms with Gasteiger partial charge in [0.2, 0.25) is 0 Å². The van der Waals surface area contributed by atoms with Gasteiger partial charge in [0.15, 0.2) is 0 Å². The number of rotatable bonds is 3. The highest BCUT2D eigenvalue weighted by Crippen LogP contribution is 2.34. The molecule has 0 N–H and O–H groups in total. The van der Waals surface area contributed by atoms with Gasteiger partial charge in [-0.25, -0.2) is 0 Å². The monoisotopic (exact) mass is 322 g/mol. The zero-order valence-corrected chi connectivity index (χ0v) is 14.7. The Balaban J connectivity index is 1.96. The van der Waals surface area contributed by atoms with Gasteiger partial charge in [-0.1, -0.05) is 98.8 Å². The van der Waals surface area contributed by atoms with Crippen LogP contribution in [0.3, 0.4) is 0 Å². The SMILES string of the molecule is CC(C)c1cc(-c2ccccc2)cc(-c2cccc3ccccc23)c1. The van der Waals surface area contributed by atoms with Gasteiger partial charge in [-0.3, -0.25) is 0 Å². The molecule has 0 atom stereocenters. The Morgan fingerprint density at radius 2 is 1.24 bits per heavy atom. The van der Waals surface area contributed by atoms with Crippen molar-refractivity contribution >= 4 is 10.8 Å². The maximum Gasteiger partial charge on any atom is -0.0105 e. The Hall–Kier alpha value is -2.86. The summed E-state index contributed by atoms with van der Waals surface area (Å²) in [5.74, 6) is 0.498.